The van der Waals surface area contributed by atoms with Gasteiger partial charge in [-0.25, -0.2) is 0 Å². The Morgan fingerprint density at radius 2 is 1.87 bits per heavy atom. The Balaban J connectivity index is 1.66. The largest absolute Gasteiger partial charge is 0.454 e. The maximum Gasteiger partial charge on any atom is 0.272 e. The molecule has 5 rings (SSSR count). The molecule has 0 aliphatic carbocycles. The molecule has 8 heteroatoms. The van der Waals surface area contributed by atoms with Gasteiger partial charge >= 0.3 is 0 Å². The number of fused-ring (bicyclic) bond motifs is 2. The number of nitro benzene ring substituents is 1. The van der Waals surface area contributed by atoms with Crippen LogP contribution in [-0.2, 0) is 0 Å². The molecule has 2 aliphatic heterocycles. The maximum absolute atomic E-state index is 13.5. The van der Waals surface area contributed by atoms with E-state index in [1.807, 2.05) is 12.1 Å². The van der Waals surface area contributed by atoms with Crippen LogP contribution >= 0.6 is 0 Å². The minimum atomic E-state index is -0.632. The molecule has 150 valence electrons. The third-order valence-electron chi connectivity index (χ3n) is 5.31. The molecule has 0 unspecified atom stereocenters. The molecular formula is C22H17N3O5. The highest BCUT2D eigenvalue weighted by Crippen LogP contribution is 2.41. The first kappa shape index (κ1) is 18.0. The van der Waals surface area contributed by atoms with E-state index in [1.54, 1.807) is 54.3 Å². The van der Waals surface area contributed by atoms with E-state index in [0.29, 0.717) is 39.6 Å². The summed E-state index contributed by atoms with van der Waals surface area (Å²) in [6, 6.07) is 17.5. The Morgan fingerprint density at radius 3 is 2.70 bits per heavy atom. The predicted molar refractivity (Wildman–Crippen MR) is 110 cm³/mol. The fraction of sp³-hybridized carbons (Fsp3) is 0.136. The third-order valence-corrected chi connectivity index (χ3v) is 5.31. The van der Waals surface area contributed by atoms with Gasteiger partial charge < -0.3 is 14.8 Å². The van der Waals surface area contributed by atoms with Gasteiger partial charge in [0.25, 0.3) is 11.6 Å². The molecule has 0 saturated heterocycles. The second-order valence-corrected chi connectivity index (χ2v) is 7.11. The number of nitro groups is 1. The average molecular weight is 403 g/mol. The van der Waals surface area contributed by atoms with E-state index in [4.69, 9.17) is 9.47 Å². The summed E-state index contributed by atoms with van der Waals surface area (Å²) >= 11 is 0. The van der Waals surface area contributed by atoms with Gasteiger partial charge in [0.05, 0.1) is 16.2 Å². The van der Waals surface area contributed by atoms with E-state index in [1.165, 1.54) is 6.07 Å². The predicted octanol–water partition coefficient (Wildman–Crippen LogP) is 4.40. The van der Waals surface area contributed by atoms with Crippen molar-refractivity contribution in [3.8, 4) is 11.5 Å². The van der Waals surface area contributed by atoms with Crippen molar-refractivity contribution in [2.24, 2.45) is 0 Å². The Morgan fingerprint density at radius 1 is 1.07 bits per heavy atom. The highest BCUT2D eigenvalue weighted by Gasteiger charge is 2.35. The quantitative estimate of drug-likeness (QED) is 0.514. The van der Waals surface area contributed by atoms with E-state index < -0.39 is 11.1 Å². The molecule has 8 nitrogen and oxygen atoms in total. The number of anilines is 2. The van der Waals surface area contributed by atoms with Crippen molar-refractivity contribution in [1.82, 2.24) is 0 Å². The molecule has 2 aliphatic rings. The number of carbonyl (C=O) groups is 1. The van der Waals surface area contributed by atoms with Crippen LogP contribution in [0.1, 0.15) is 27.7 Å². The Labute approximate surface area is 171 Å². The summed E-state index contributed by atoms with van der Waals surface area (Å²) in [7, 11) is 0. The fourth-order valence-electron chi connectivity index (χ4n) is 3.78. The van der Waals surface area contributed by atoms with E-state index >= 15 is 0 Å². The van der Waals surface area contributed by atoms with E-state index in [9.17, 15) is 14.9 Å². The molecule has 0 radical (unpaired) electrons. The van der Waals surface area contributed by atoms with Crippen LogP contribution in [0.4, 0.5) is 17.1 Å². The molecule has 0 aromatic heterocycles. The molecule has 3 aromatic carbocycles. The number of amides is 1. The van der Waals surface area contributed by atoms with Crippen LogP contribution in [0.2, 0.25) is 0 Å². The van der Waals surface area contributed by atoms with Gasteiger partial charge in [-0.3, -0.25) is 19.8 Å². The highest BCUT2D eigenvalue weighted by atomic mass is 16.7. The monoisotopic (exact) mass is 403 g/mol. The van der Waals surface area contributed by atoms with Crippen LogP contribution in [-0.4, -0.2) is 17.6 Å². The lowest BCUT2D eigenvalue weighted by atomic mass is 10.0. The normalized spacial score (nSPS) is 16.8. The summed E-state index contributed by atoms with van der Waals surface area (Å²) in [6.07, 6.45) is -0.632. The van der Waals surface area contributed by atoms with Crippen molar-refractivity contribution in [3.63, 3.8) is 0 Å². The molecule has 0 fully saturated rings. The number of rotatable bonds is 3. The fourth-order valence-corrected chi connectivity index (χ4v) is 3.78. The number of aryl methyl sites for hydroxylation is 1. The van der Waals surface area contributed by atoms with Gasteiger partial charge in [0, 0.05) is 28.9 Å². The molecule has 30 heavy (non-hydrogen) atoms. The highest BCUT2D eigenvalue weighted by molar-refractivity contribution is 6.12. The molecule has 3 aromatic rings. The zero-order valence-electron chi connectivity index (χ0n) is 16.0. The molecule has 1 atom stereocenters. The first-order valence-electron chi connectivity index (χ1n) is 9.36. The summed E-state index contributed by atoms with van der Waals surface area (Å²) < 4.78 is 10.8. The zero-order valence-corrected chi connectivity index (χ0v) is 16.0. The van der Waals surface area contributed by atoms with Crippen LogP contribution in [0.5, 0.6) is 11.5 Å². The van der Waals surface area contributed by atoms with Crippen LogP contribution in [0.3, 0.4) is 0 Å². The minimum absolute atomic E-state index is 0.00578. The third kappa shape index (κ3) is 2.81. The van der Waals surface area contributed by atoms with Crippen LogP contribution < -0.4 is 19.7 Å². The minimum Gasteiger partial charge on any atom is -0.454 e. The summed E-state index contributed by atoms with van der Waals surface area (Å²) in [5.41, 5.74) is 2.96. The summed E-state index contributed by atoms with van der Waals surface area (Å²) in [5.74, 6) is 0.948. The summed E-state index contributed by atoms with van der Waals surface area (Å²) in [5, 5.41) is 14.8. The number of nitrogens with zero attached hydrogens (tertiary/aromatic N) is 2. The van der Waals surface area contributed by atoms with Crippen molar-refractivity contribution < 1.29 is 19.2 Å². The molecule has 1 N–H and O–H groups in total. The van der Waals surface area contributed by atoms with Crippen molar-refractivity contribution >= 4 is 23.0 Å². The van der Waals surface area contributed by atoms with Crippen molar-refractivity contribution in [1.29, 1.82) is 0 Å². The Hall–Kier alpha value is -4.07. The first-order valence-corrected chi connectivity index (χ1v) is 9.36. The Bertz CT molecular complexity index is 1190. The number of benzene rings is 3. The van der Waals surface area contributed by atoms with Crippen LogP contribution in [0, 0.1) is 17.0 Å². The molecule has 1 amide bonds. The molecule has 0 spiro atoms. The van der Waals surface area contributed by atoms with E-state index in [-0.39, 0.29) is 18.4 Å². The Kier molecular flexibility index (Phi) is 4.06. The van der Waals surface area contributed by atoms with Gasteiger partial charge in [-0.2, -0.15) is 0 Å². The zero-order chi connectivity index (χ0) is 20.8. The summed E-state index contributed by atoms with van der Waals surface area (Å²) in [4.78, 5) is 26.1. The number of hydrogen-bond donors (Lipinski definition) is 1. The molecule has 0 bridgehead atoms. The van der Waals surface area contributed by atoms with Gasteiger partial charge in [-0.1, -0.05) is 24.3 Å². The number of para-hydroxylation sites is 1. The van der Waals surface area contributed by atoms with Gasteiger partial charge in [0.15, 0.2) is 11.5 Å². The molecule has 0 saturated carbocycles. The standard InChI is InChI=1S/C22H17N3O5/c1-13-6-7-14(10-18(13)25(27)28)21-23-17-5-3-2-4-16(17)22(26)24(21)15-8-9-19-20(11-15)30-12-29-19/h2-11,21,23H,12H2,1H3/t21-/m0/s1. The topological polar surface area (TPSA) is 93.9 Å². The number of carbonyl (C=O) groups excluding carboxylic acids is 1. The van der Waals surface area contributed by atoms with Gasteiger partial charge in [-0.15, -0.1) is 0 Å². The number of nitrogens with one attached hydrogen (secondary N) is 1. The molecule has 2 heterocycles. The molecular weight excluding hydrogens is 386 g/mol. The second kappa shape index (κ2) is 6.77. The van der Waals surface area contributed by atoms with Crippen molar-refractivity contribution in [2.45, 2.75) is 13.1 Å². The van der Waals surface area contributed by atoms with E-state index in [0.717, 1.165) is 0 Å². The lowest BCUT2D eigenvalue weighted by Crippen LogP contribution is -2.43. The van der Waals surface area contributed by atoms with E-state index in [2.05, 4.69) is 5.32 Å². The lowest BCUT2D eigenvalue weighted by molar-refractivity contribution is -0.385. The van der Waals surface area contributed by atoms with Crippen molar-refractivity contribution in [3.05, 3.63) is 87.5 Å². The average Bonchev–Trinajstić information content (AvgIpc) is 3.22. The summed E-state index contributed by atoms with van der Waals surface area (Å²) in [6.45, 7) is 1.81. The van der Waals surface area contributed by atoms with Crippen molar-refractivity contribution in [2.75, 3.05) is 17.0 Å². The SMILES string of the molecule is Cc1ccc([C@H]2Nc3ccccc3C(=O)N2c2ccc3c(c2)OCO3)cc1[N+](=O)[O-]. The smallest absolute Gasteiger partial charge is 0.272 e. The van der Waals surface area contributed by atoms with Crippen LogP contribution in [0.25, 0.3) is 0 Å². The lowest BCUT2D eigenvalue weighted by Gasteiger charge is -2.38. The maximum atomic E-state index is 13.5. The number of hydrogen-bond acceptors (Lipinski definition) is 6. The van der Waals surface area contributed by atoms with Gasteiger partial charge in [0.1, 0.15) is 6.17 Å². The first-order chi connectivity index (χ1) is 14.5. The van der Waals surface area contributed by atoms with Crippen LogP contribution in [0.15, 0.2) is 60.7 Å². The van der Waals surface area contributed by atoms with Gasteiger partial charge in [0.2, 0.25) is 6.79 Å². The second-order valence-electron chi connectivity index (χ2n) is 7.11. The number of ether oxygens (including phenoxy) is 2. The van der Waals surface area contributed by atoms with Gasteiger partial charge in [-0.05, 0) is 31.2 Å².